The third-order valence-corrected chi connectivity index (χ3v) is 3.71. The standard InChI is InChI=1S/C16H28N2O/c1-5-14(13-9-7-8-10-15(13)19)18(6-2)12-16(3,4)11-17/h7-10,14,19H,5-6,11-12,17H2,1-4H3. The lowest BCUT2D eigenvalue weighted by molar-refractivity contribution is 0.134. The van der Waals surface area contributed by atoms with E-state index in [-0.39, 0.29) is 11.5 Å². The molecule has 1 rings (SSSR count). The first-order valence-electron chi connectivity index (χ1n) is 7.17. The minimum absolute atomic E-state index is 0.0911. The highest BCUT2D eigenvalue weighted by atomic mass is 16.3. The van der Waals surface area contributed by atoms with Gasteiger partial charge in [-0.15, -0.1) is 0 Å². The van der Waals surface area contributed by atoms with Crippen molar-refractivity contribution in [1.82, 2.24) is 4.90 Å². The quantitative estimate of drug-likeness (QED) is 0.795. The van der Waals surface area contributed by atoms with Crippen LogP contribution >= 0.6 is 0 Å². The molecule has 0 aromatic heterocycles. The van der Waals surface area contributed by atoms with Crippen LogP contribution in [0.1, 0.15) is 45.7 Å². The van der Waals surface area contributed by atoms with E-state index in [1.54, 1.807) is 6.07 Å². The Labute approximate surface area is 117 Å². The van der Waals surface area contributed by atoms with E-state index < -0.39 is 0 Å². The van der Waals surface area contributed by atoms with Crippen molar-refractivity contribution < 1.29 is 5.11 Å². The fourth-order valence-corrected chi connectivity index (χ4v) is 2.50. The molecule has 1 unspecified atom stereocenters. The molecular weight excluding hydrogens is 236 g/mol. The number of rotatable bonds is 7. The Morgan fingerprint density at radius 1 is 1.26 bits per heavy atom. The van der Waals surface area contributed by atoms with E-state index in [1.807, 2.05) is 18.2 Å². The maximum absolute atomic E-state index is 10.1. The van der Waals surface area contributed by atoms with Crippen molar-refractivity contribution in [2.45, 2.75) is 40.2 Å². The van der Waals surface area contributed by atoms with Gasteiger partial charge < -0.3 is 10.8 Å². The molecule has 19 heavy (non-hydrogen) atoms. The summed E-state index contributed by atoms with van der Waals surface area (Å²) < 4.78 is 0. The monoisotopic (exact) mass is 264 g/mol. The first kappa shape index (κ1) is 16.0. The van der Waals surface area contributed by atoms with Crippen LogP contribution in [0.5, 0.6) is 5.75 Å². The Balaban J connectivity index is 2.97. The largest absolute Gasteiger partial charge is 0.508 e. The summed E-state index contributed by atoms with van der Waals surface area (Å²) in [4.78, 5) is 2.40. The van der Waals surface area contributed by atoms with Gasteiger partial charge in [0.25, 0.3) is 0 Å². The molecule has 0 heterocycles. The molecule has 3 heteroatoms. The van der Waals surface area contributed by atoms with Gasteiger partial charge in [0.15, 0.2) is 0 Å². The van der Waals surface area contributed by atoms with Crippen LogP contribution in [0.15, 0.2) is 24.3 Å². The van der Waals surface area contributed by atoms with Gasteiger partial charge in [-0.05, 0) is 31.0 Å². The van der Waals surface area contributed by atoms with Crippen molar-refractivity contribution in [3.05, 3.63) is 29.8 Å². The Bertz CT molecular complexity index is 390. The molecule has 0 aliphatic heterocycles. The molecule has 0 aliphatic carbocycles. The molecule has 3 N–H and O–H groups in total. The molecule has 0 saturated carbocycles. The highest BCUT2D eigenvalue weighted by molar-refractivity contribution is 5.34. The second kappa shape index (κ2) is 6.92. The van der Waals surface area contributed by atoms with Crippen LogP contribution in [-0.2, 0) is 0 Å². The summed E-state index contributed by atoms with van der Waals surface area (Å²) in [6.07, 6.45) is 0.978. The van der Waals surface area contributed by atoms with Crippen molar-refractivity contribution in [1.29, 1.82) is 0 Å². The second-order valence-electron chi connectivity index (χ2n) is 5.91. The molecular formula is C16H28N2O. The molecule has 0 radical (unpaired) electrons. The zero-order valence-corrected chi connectivity index (χ0v) is 12.7. The number of nitrogens with zero attached hydrogens (tertiary/aromatic N) is 1. The lowest BCUT2D eigenvalue weighted by atomic mass is 9.91. The van der Waals surface area contributed by atoms with Crippen molar-refractivity contribution in [2.75, 3.05) is 19.6 Å². The van der Waals surface area contributed by atoms with Crippen LogP contribution in [0.25, 0.3) is 0 Å². The van der Waals surface area contributed by atoms with Gasteiger partial charge in [0, 0.05) is 18.2 Å². The number of phenols is 1. The summed E-state index contributed by atoms with van der Waals surface area (Å²) in [5.41, 5.74) is 6.95. The van der Waals surface area contributed by atoms with E-state index in [0.717, 1.165) is 25.1 Å². The van der Waals surface area contributed by atoms with E-state index in [0.29, 0.717) is 12.3 Å². The molecule has 0 spiro atoms. The SMILES string of the molecule is CCC(c1ccccc1O)N(CC)CC(C)(C)CN. The van der Waals surface area contributed by atoms with Crippen molar-refractivity contribution in [3.8, 4) is 5.75 Å². The summed E-state index contributed by atoms with van der Waals surface area (Å²) in [6.45, 7) is 11.3. The second-order valence-corrected chi connectivity index (χ2v) is 5.91. The number of hydrogen-bond acceptors (Lipinski definition) is 3. The van der Waals surface area contributed by atoms with Gasteiger partial charge in [0.2, 0.25) is 0 Å². The van der Waals surface area contributed by atoms with Crippen molar-refractivity contribution in [3.63, 3.8) is 0 Å². The molecule has 108 valence electrons. The van der Waals surface area contributed by atoms with E-state index in [1.165, 1.54) is 0 Å². The average molecular weight is 264 g/mol. The molecule has 0 aliphatic rings. The van der Waals surface area contributed by atoms with Gasteiger partial charge in [-0.3, -0.25) is 4.90 Å². The van der Waals surface area contributed by atoms with Gasteiger partial charge in [0.1, 0.15) is 5.75 Å². The maximum Gasteiger partial charge on any atom is 0.120 e. The molecule has 0 fully saturated rings. The summed E-state index contributed by atoms with van der Waals surface area (Å²) in [6, 6.07) is 7.88. The highest BCUT2D eigenvalue weighted by Crippen LogP contribution is 2.32. The Morgan fingerprint density at radius 2 is 1.89 bits per heavy atom. The summed E-state index contributed by atoms with van der Waals surface area (Å²) >= 11 is 0. The number of phenolic OH excluding ortho intramolecular Hbond substituents is 1. The zero-order chi connectivity index (χ0) is 14.5. The highest BCUT2D eigenvalue weighted by Gasteiger charge is 2.26. The first-order valence-corrected chi connectivity index (χ1v) is 7.17. The van der Waals surface area contributed by atoms with Gasteiger partial charge in [-0.1, -0.05) is 45.9 Å². The van der Waals surface area contributed by atoms with Gasteiger partial charge >= 0.3 is 0 Å². The zero-order valence-electron chi connectivity index (χ0n) is 12.7. The molecule has 1 aromatic rings. The minimum atomic E-state index is 0.0911. The summed E-state index contributed by atoms with van der Waals surface area (Å²) in [5.74, 6) is 0.387. The maximum atomic E-state index is 10.1. The fourth-order valence-electron chi connectivity index (χ4n) is 2.50. The van der Waals surface area contributed by atoms with Crippen LogP contribution in [-0.4, -0.2) is 29.6 Å². The van der Waals surface area contributed by atoms with E-state index in [4.69, 9.17) is 5.73 Å². The van der Waals surface area contributed by atoms with Crippen molar-refractivity contribution in [2.24, 2.45) is 11.1 Å². The number of para-hydroxylation sites is 1. The van der Waals surface area contributed by atoms with Crippen LogP contribution < -0.4 is 5.73 Å². The first-order chi connectivity index (χ1) is 8.95. The predicted octanol–water partition coefficient (Wildman–Crippen LogP) is 3.15. The summed E-state index contributed by atoms with van der Waals surface area (Å²) in [5, 5.41) is 10.1. The molecule has 1 atom stereocenters. The van der Waals surface area contributed by atoms with Crippen molar-refractivity contribution >= 4 is 0 Å². The third-order valence-electron chi connectivity index (χ3n) is 3.71. The van der Waals surface area contributed by atoms with Crippen LogP contribution in [0.4, 0.5) is 0 Å². The topological polar surface area (TPSA) is 49.5 Å². The lowest BCUT2D eigenvalue weighted by Crippen LogP contribution is -2.40. The van der Waals surface area contributed by atoms with Gasteiger partial charge in [-0.25, -0.2) is 0 Å². The Kier molecular flexibility index (Phi) is 5.83. The lowest BCUT2D eigenvalue weighted by Gasteiger charge is -2.36. The molecule has 0 saturated heterocycles. The number of hydrogen-bond donors (Lipinski definition) is 2. The molecule has 0 bridgehead atoms. The number of aromatic hydroxyl groups is 1. The van der Waals surface area contributed by atoms with Gasteiger partial charge in [-0.2, -0.15) is 0 Å². The normalized spacial score (nSPS) is 13.8. The fraction of sp³-hybridized carbons (Fsp3) is 0.625. The van der Waals surface area contributed by atoms with E-state index in [9.17, 15) is 5.11 Å². The molecule has 1 aromatic carbocycles. The van der Waals surface area contributed by atoms with Crippen LogP contribution in [0, 0.1) is 5.41 Å². The molecule has 3 nitrogen and oxygen atoms in total. The number of benzene rings is 1. The Hall–Kier alpha value is -1.06. The Morgan fingerprint density at radius 3 is 2.37 bits per heavy atom. The van der Waals surface area contributed by atoms with E-state index in [2.05, 4.69) is 32.6 Å². The smallest absolute Gasteiger partial charge is 0.120 e. The average Bonchev–Trinajstić information content (AvgIpc) is 2.40. The summed E-state index contributed by atoms with van der Waals surface area (Å²) in [7, 11) is 0. The van der Waals surface area contributed by atoms with E-state index >= 15 is 0 Å². The van der Waals surface area contributed by atoms with Crippen LogP contribution in [0.2, 0.25) is 0 Å². The molecule has 0 amide bonds. The van der Waals surface area contributed by atoms with Gasteiger partial charge in [0.05, 0.1) is 0 Å². The number of nitrogens with two attached hydrogens (primary N) is 1. The minimum Gasteiger partial charge on any atom is -0.508 e. The van der Waals surface area contributed by atoms with Crippen LogP contribution in [0.3, 0.4) is 0 Å². The third kappa shape index (κ3) is 4.22. The predicted molar refractivity (Wildman–Crippen MR) is 81.2 cm³/mol.